The molecule has 33 heavy (non-hydrogen) atoms. The third-order valence-electron chi connectivity index (χ3n) is 5.98. The first-order valence-corrected chi connectivity index (χ1v) is 11.6. The van der Waals surface area contributed by atoms with Crippen LogP contribution in [0.25, 0.3) is 0 Å². The summed E-state index contributed by atoms with van der Waals surface area (Å²) in [5.41, 5.74) is 4.42. The van der Waals surface area contributed by atoms with Gasteiger partial charge in [-0.15, -0.1) is 24.0 Å². The van der Waals surface area contributed by atoms with Crippen LogP contribution in [0.1, 0.15) is 46.8 Å². The molecule has 0 radical (unpaired) electrons. The zero-order chi connectivity index (χ0) is 22.8. The van der Waals surface area contributed by atoms with E-state index < -0.39 is 0 Å². The highest BCUT2D eigenvalue weighted by molar-refractivity contribution is 14.0. The normalized spacial score (nSPS) is 16.6. The number of rotatable bonds is 8. The number of likely N-dealkylation sites (tertiary alicyclic amines) is 1. The standard InChI is InChI=1S/C26H37N5O.HI/c1-20-6-5-15-31(18-20)19-23-11-9-22(10-12-23)17-30-26(28-3)29-14-13-21-7-4-8-24(16-21)25(32)27-2;/h4,7-12,16,20H,5-6,13-15,17-19H2,1-3H3,(H,27,32)(H2,28,29,30);1H. The number of hydrogen-bond donors (Lipinski definition) is 3. The number of guanidine groups is 1. The van der Waals surface area contributed by atoms with Crippen molar-refractivity contribution >= 4 is 35.8 Å². The Labute approximate surface area is 215 Å². The topological polar surface area (TPSA) is 68.8 Å². The zero-order valence-corrected chi connectivity index (χ0v) is 22.4. The lowest BCUT2D eigenvalue weighted by atomic mass is 9.99. The zero-order valence-electron chi connectivity index (χ0n) is 20.1. The molecule has 6 nitrogen and oxygen atoms in total. The molecule has 0 aromatic heterocycles. The number of halogens is 1. The van der Waals surface area contributed by atoms with Crippen molar-refractivity contribution in [3.05, 3.63) is 70.8 Å². The fraction of sp³-hybridized carbons (Fsp3) is 0.462. The summed E-state index contributed by atoms with van der Waals surface area (Å²) < 4.78 is 0. The predicted molar refractivity (Wildman–Crippen MR) is 147 cm³/mol. The lowest BCUT2D eigenvalue weighted by molar-refractivity contribution is 0.0963. The quantitative estimate of drug-likeness (QED) is 0.260. The van der Waals surface area contributed by atoms with Crippen LogP contribution in [0.15, 0.2) is 53.5 Å². The van der Waals surface area contributed by atoms with Crippen LogP contribution in [0.5, 0.6) is 0 Å². The molecule has 1 fully saturated rings. The number of nitrogens with one attached hydrogen (secondary N) is 3. The van der Waals surface area contributed by atoms with Crippen molar-refractivity contribution in [3.63, 3.8) is 0 Å². The summed E-state index contributed by atoms with van der Waals surface area (Å²) in [5.74, 6) is 1.53. The summed E-state index contributed by atoms with van der Waals surface area (Å²) in [4.78, 5) is 18.7. The molecule has 0 saturated carbocycles. The highest BCUT2D eigenvalue weighted by Crippen LogP contribution is 2.18. The van der Waals surface area contributed by atoms with Gasteiger partial charge in [0.1, 0.15) is 0 Å². The van der Waals surface area contributed by atoms with E-state index in [2.05, 4.69) is 57.0 Å². The van der Waals surface area contributed by atoms with Gasteiger partial charge in [-0.1, -0.05) is 43.3 Å². The van der Waals surface area contributed by atoms with E-state index in [1.165, 1.54) is 37.1 Å². The van der Waals surface area contributed by atoms with Gasteiger partial charge in [-0.25, -0.2) is 0 Å². The molecule has 2 aromatic carbocycles. The molecule has 1 aliphatic rings. The number of benzene rings is 2. The van der Waals surface area contributed by atoms with E-state index in [-0.39, 0.29) is 29.9 Å². The molecule has 180 valence electrons. The number of nitrogens with zero attached hydrogens (tertiary/aromatic N) is 2. The Morgan fingerprint density at radius 2 is 1.85 bits per heavy atom. The number of carbonyl (C=O) groups excluding carboxylic acids is 1. The van der Waals surface area contributed by atoms with E-state index in [0.29, 0.717) is 5.56 Å². The van der Waals surface area contributed by atoms with Gasteiger partial charge >= 0.3 is 0 Å². The Morgan fingerprint density at radius 3 is 2.55 bits per heavy atom. The number of carbonyl (C=O) groups is 1. The van der Waals surface area contributed by atoms with E-state index in [1.807, 2.05) is 24.3 Å². The minimum atomic E-state index is -0.0613. The first kappa shape index (κ1) is 27.1. The third-order valence-corrected chi connectivity index (χ3v) is 5.98. The average molecular weight is 564 g/mol. The van der Waals surface area contributed by atoms with Crippen LogP contribution in [-0.2, 0) is 19.5 Å². The summed E-state index contributed by atoms with van der Waals surface area (Å²) in [6.45, 7) is 7.29. The van der Waals surface area contributed by atoms with Crippen LogP contribution in [0.4, 0.5) is 0 Å². The van der Waals surface area contributed by atoms with Gasteiger partial charge < -0.3 is 16.0 Å². The van der Waals surface area contributed by atoms with Crippen LogP contribution in [0.3, 0.4) is 0 Å². The van der Waals surface area contributed by atoms with Gasteiger partial charge in [0.2, 0.25) is 0 Å². The number of aliphatic imine (C=N–C) groups is 1. The first-order valence-electron chi connectivity index (χ1n) is 11.6. The molecule has 2 aromatic rings. The van der Waals surface area contributed by atoms with Crippen molar-refractivity contribution in [3.8, 4) is 0 Å². The molecule has 1 aliphatic heterocycles. The highest BCUT2D eigenvalue weighted by atomic mass is 127. The summed E-state index contributed by atoms with van der Waals surface area (Å²) in [5, 5.41) is 9.40. The van der Waals surface area contributed by atoms with Gasteiger partial charge in [0.15, 0.2) is 5.96 Å². The van der Waals surface area contributed by atoms with Crippen molar-refractivity contribution in [2.24, 2.45) is 10.9 Å². The van der Waals surface area contributed by atoms with E-state index in [9.17, 15) is 4.79 Å². The second kappa shape index (κ2) is 14.2. The monoisotopic (exact) mass is 563 g/mol. The molecule has 7 heteroatoms. The second-order valence-corrected chi connectivity index (χ2v) is 8.68. The van der Waals surface area contributed by atoms with Gasteiger partial charge in [-0.05, 0) is 60.5 Å². The van der Waals surface area contributed by atoms with Gasteiger partial charge in [0, 0.05) is 45.8 Å². The van der Waals surface area contributed by atoms with Crippen molar-refractivity contribution < 1.29 is 4.79 Å². The fourth-order valence-electron chi connectivity index (χ4n) is 4.20. The molecule has 3 rings (SSSR count). The maximum Gasteiger partial charge on any atom is 0.251 e. The highest BCUT2D eigenvalue weighted by Gasteiger charge is 2.16. The summed E-state index contributed by atoms with van der Waals surface area (Å²) in [6, 6.07) is 16.6. The average Bonchev–Trinajstić information content (AvgIpc) is 2.82. The summed E-state index contributed by atoms with van der Waals surface area (Å²) in [7, 11) is 3.43. The van der Waals surface area contributed by atoms with Crippen molar-refractivity contribution in [1.29, 1.82) is 0 Å². The Kier molecular flexibility index (Phi) is 11.7. The first-order chi connectivity index (χ1) is 15.6. The van der Waals surface area contributed by atoms with Crippen LogP contribution >= 0.6 is 24.0 Å². The van der Waals surface area contributed by atoms with Crippen LogP contribution in [-0.4, -0.2) is 50.5 Å². The predicted octanol–water partition coefficient (Wildman–Crippen LogP) is 3.80. The number of piperidine rings is 1. The number of amides is 1. The molecule has 1 heterocycles. The molecular formula is C26H38IN5O. The Balaban J connectivity index is 0.00000385. The molecule has 1 amide bonds. The molecular weight excluding hydrogens is 525 g/mol. The Bertz CT molecular complexity index is 900. The smallest absolute Gasteiger partial charge is 0.251 e. The SMILES string of the molecule is CN=C(NCCc1cccc(C(=O)NC)c1)NCc1ccc(CN2CCCC(C)C2)cc1.I. The van der Waals surface area contributed by atoms with Gasteiger partial charge in [0.05, 0.1) is 0 Å². The van der Waals surface area contributed by atoms with E-state index in [1.54, 1.807) is 14.1 Å². The molecule has 0 aliphatic carbocycles. The summed E-state index contributed by atoms with van der Waals surface area (Å²) in [6.07, 6.45) is 3.49. The van der Waals surface area contributed by atoms with E-state index in [4.69, 9.17) is 0 Å². The molecule has 1 atom stereocenters. The van der Waals surface area contributed by atoms with Crippen LogP contribution < -0.4 is 16.0 Å². The van der Waals surface area contributed by atoms with E-state index >= 15 is 0 Å². The maximum absolute atomic E-state index is 11.8. The molecule has 0 bridgehead atoms. The minimum absolute atomic E-state index is 0. The summed E-state index contributed by atoms with van der Waals surface area (Å²) >= 11 is 0. The molecule has 1 saturated heterocycles. The van der Waals surface area contributed by atoms with Crippen molar-refractivity contribution in [2.75, 3.05) is 33.7 Å². The largest absolute Gasteiger partial charge is 0.356 e. The van der Waals surface area contributed by atoms with E-state index in [0.717, 1.165) is 43.5 Å². The minimum Gasteiger partial charge on any atom is -0.356 e. The van der Waals surface area contributed by atoms with Gasteiger partial charge in [-0.2, -0.15) is 0 Å². The fourth-order valence-corrected chi connectivity index (χ4v) is 4.20. The molecule has 0 spiro atoms. The molecule has 3 N–H and O–H groups in total. The lowest BCUT2D eigenvalue weighted by Gasteiger charge is -2.30. The van der Waals surface area contributed by atoms with Crippen LogP contribution in [0.2, 0.25) is 0 Å². The maximum atomic E-state index is 11.8. The van der Waals surface area contributed by atoms with Gasteiger partial charge in [-0.3, -0.25) is 14.7 Å². The van der Waals surface area contributed by atoms with Crippen molar-refractivity contribution in [1.82, 2.24) is 20.9 Å². The third kappa shape index (κ3) is 8.97. The Hall–Kier alpha value is -2.13. The molecule has 1 unspecified atom stereocenters. The Morgan fingerprint density at radius 1 is 1.09 bits per heavy atom. The van der Waals surface area contributed by atoms with Crippen LogP contribution in [0, 0.1) is 5.92 Å². The second-order valence-electron chi connectivity index (χ2n) is 8.68. The van der Waals surface area contributed by atoms with Gasteiger partial charge in [0.25, 0.3) is 5.91 Å². The lowest BCUT2D eigenvalue weighted by Crippen LogP contribution is -2.37. The van der Waals surface area contributed by atoms with Crippen molar-refractivity contribution in [2.45, 2.75) is 39.3 Å². The number of hydrogen-bond acceptors (Lipinski definition) is 3.